The van der Waals surface area contributed by atoms with Crippen molar-refractivity contribution in [2.24, 2.45) is 11.8 Å². The zero-order valence-electron chi connectivity index (χ0n) is 10.1. The SMILES string of the molecule is CC(C)C1CC[C@@H]2O[C@@H]2CC[C@@H]2O[C@@H]2[C@@H]1O. The quantitative estimate of drug-likeness (QED) is 0.693. The third-order valence-corrected chi connectivity index (χ3v) is 4.46. The monoisotopic (exact) mass is 226 g/mol. The minimum absolute atomic E-state index is 0.114. The Labute approximate surface area is 97.1 Å². The van der Waals surface area contributed by atoms with Gasteiger partial charge in [-0.1, -0.05) is 13.8 Å². The molecule has 1 saturated carbocycles. The van der Waals surface area contributed by atoms with Gasteiger partial charge >= 0.3 is 0 Å². The van der Waals surface area contributed by atoms with Crippen molar-refractivity contribution in [2.45, 2.75) is 70.1 Å². The number of hydrogen-bond donors (Lipinski definition) is 1. The molecule has 3 heteroatoms. The van der Waals surface area contributed by atoms with Crippen molar-refractivity contribution in [3.63, 3.8) is 0 Å². The molecule has 6 atom stereocenters. The summed E-state index contributed by atoms with van der Waals surface area (Å²) in [4.78, 5) is 0. The van der Waals surface area contributed by atoms with Crippen molar-refractivity contribution in [2.75, 3.05) is 0 Å². The standard InChI is InChI=1S/C13H22O3/c1-7(2)8-3-4-9-10(15-9)5-6-11-13(16-11)12(8)14/h7-14H,3-6H2,1-2H3/t8?,9-,10+,11-,12+,13-/m0/s1. The van der Waals surface area contributed by atoms with E-state index in [1.165, 1.54) is 0 Å². The smallest absolute Gasteiger partial charge is 0.110 e. The summed E-state index contributed by atoms with van der Waals surface area (Å²) in [6.07, 6.45) is 5.49. The molecular weight excluding hydrogens is 204 g/mol. The van der Waals surface area contributed by atoms with Crippen LogP contribution >= 0.6 is 0 Å². The van der Waals surface area contributed by atoms with Crippen molar-refractivity contribution < 1.29 is 14.6 Å². The molecule has 0 radical (unpaired) electrons. The van der Waals surface area contributed by atoms with Crippen molar-refractivity contribution in [3.05, 3.63) is 0 Å². The Morgan fingerprint density at radius 2 is 1.56 bits per heavy atom. The average Bonchev–Trinajstić information content (AvgIpc) is 3.10. The summed E-state index contributed by atoms with van der Waals surface area (Å²) in [5, 5.41) is 10.3. The molecule has 0 aromatic heterocycles. The fourth-order valence-corrected chi connectivity index (χ4v) is 3.20. The van der Waals surface area contributed by atoms with Crippen molar-refractivity contribution in [1.29, 1.82) is 0 Å². The predicted molar refractivity (Wildman–Crippen MR) is 60.1 cm³/mol. The first-order chi connectivity index (χ1) is 7.66. The van der Waals surface area contributed by atoms with Gasteiger partial charge in [-0.15, -0.1) is 0 Å². The lowest BCUT2D eigenvalue weighted by atomic mass is 9.82. The van der Waals surface area contributed by atoms with Crippen LogP contribution in [0.25, 0.3) is 0 Å². The third-order valence-electron chi connectivity index (χ3n) is 4.46. The fraction of sp³-hybridized carbons (Fsp3) is 1.00. The second kappa shape index (κ2) is 3.97. The van der Waals surface area contributed by atoms with Gasteiger partial charge in [0.05, 0.1) is 24.4 Å². The van der Waals surface area contributed by atoms with Crippen LogP contribution < -0.4 is 0 Å². The highest BCUT2D eigenvalue weighted by Crippen LogP contribution is 2.42. The summed E-state index contributed by atoms with van der Waals surface area (Å²) >= 11 is 0. The first-order valence-corrected chi connectivity index (χ1v) is 6.66. The van der Waals surface area contributed by atoms with E-state index in [2.05, 4.69) is 13.8 Å². The molecule has 1 N–H and O–H groups in total. The molecule has 2 aliphatic heterocycles. The number of rotatable bonds is 1. The highest BCUT2D eigenvalue weighted by molar-refractivity contribution is 4.98. The Balaban J connectivity index is 1.68. The van der Waals surface area contributed by atoms with Gasteiger partial charge in [-0.3, -0.25) is 0 Å². The molecule has 3 fully saturated rings. The van der Waals surface area contributed by atoms with Crippen molar-refractivity contribution in [1.82, 2.24) is 0 Å². The molecule has 1 unspecified atom stereocenters. The summed E-state index contributed by atoms with van der Waals surface area (Å²) < 4.78 is 11.2. The Kier molecular flexibility index (Phi) is 2.73. The summed E-state index contributed by atoms with van der Waals surface area (Å²) in [6, 6.07) is 0. The van der Waals surface area contributed by atoms with Gasteiger partial charge in [0.1, 0.15) is 6.10 Å². The summed E-state index contributed by atoms with van der Waals surface area (Å²) in [5.74, 6) is 0.898. The Hall–Kier alpha value is -0.120. The normalized spacial score (nSPS) is 51.8. The number of fused-ring (bicyclic) bond motifs is 2. The second-order valence-electron chi connectivity index (χ2n) is 5.91. The van der Waals surface area contributed by atoms with E-state index in [1.54, 1.807) is 0 Å². The third kappa shape index (κ3) is 2.01. The lowest BCUT2D eigenvalue weighted by Crippen LogP contribution is -2.32. The van der Waals surface area contributed by atoms with Crippen LogP contribution in [0.3, 0.4) is 0 Å². The maximum atomic E-state index is 10.3. The molecule has 16 heavy (non-hydrogen) atoms. The predicted octanol–water partition coefficient (Wildman–Crippen LogP) is 1.73. The molecular formula is C13H22O3. The van der Waals surface area contributed by atoms with E-state index >= 15 is 0 Å². The summed E-state index contributed by atoms with van der Waals surface area (Å²) in [6.45, 7) is 4.39. The van der Waals surface area contributed by atoms with E-state index in [0.717, 1.165) is 25.7 Å². The van der Waals surface area contributed by atoms with Gasteiger partial charge in [0.2, 0.25) is 0 Å². The molecule has 92 valence electrons. The number of aliphatic hydroxyl groups is 1. The topological polar surface area (TPSA) is 45.3 Å². The van der Waals surface area contributed by atoms with Crippen molar-refractivity contribution in [3.8, 4) is 0 Å². The van der Waals surface area contributed by atoms with E-state index in [1.807, 2.05) is 0 Å². The van der Waals surface area contributed by atoms with E-state index in [0.29, 0.717) is 30.1 Å². The van der Waals surface area contributed by atoms with Gasteiger partial charge in [0.15, 0.2) is 0 Å². The molecule has 2 heterocycles. The van der Waals surface area contributed by atoms with E-state index in [-0.39, 0.29) is 12.2 Å². The Morgan fingerprint density at radius 1 is 0.938 bits per heavy atom. The first kappa shape index (κ1) is 11.0. The van der Waals surface area contributed by atoms with Gasteiger partial charge in [0, 0.05) is 0 Å². The van der Waals surface area contributed by atoms with Gasteiger partial charge in [0.25, 0.3) is 0 Å². The maximum Gasteiger partial charge on any atom is 0.110 e. The van der Waals surface area contributed by atoms with Crippen LogP contribution in [0.2, 0.25) is 0 Å². The van der Waals surface area contributed by atoms with Gasteiger partial charge in [-0.05, 0) is 37.5 Å². The lowest BCUT2D eigenvalue weighted by Gasteiger charge is -2.25. The number of aliphatic hydroxyl groups excluding tert-OH is 1. The van der Waals surface area contributed by atoms with Crippen LogP contribution in [0.1, 0.15) is 39.5 Å². The average molecular weight is 226 g/mol. The Bertz CT molecular complexity index is 266. The molecule has 3 aliphatic rings. The van der Waals surface area contributed by atoms with Gasteiger partial charge in [-0.2, -0.15) is 0 Å². The zero-order chi connectivity index (χ0) is 11.3. The van der Waals surface area contributed by atoms with E-state index < -0.39 is 0 Å². The maximum absolute atomic E-state index is 10.3. The molecule has 0 amide bonds. The first-order valence-electron chi connectivity index (χ1n) is 6.66. The molecule has 3 rings (SSSR count). The summed E-state index contributed by atoms with van der Waals surface area (Å²) in [7, 11) is 0. The number of epoxide rings is 2. The highest BCUT2D eigenvalue weighted by atomic mass is 16.6. The van der Waals surface area contributed by atoms with Crippen LogP contribution in [-0.4, -0.2) is 35.6 Å². The minimum atomic E-state index is -0.264. The molecule has 2 saturated heterocycles. The molecule has 0 aromatic rings. The summed E-state index contributed by atoms with van der Waals surface area (Å²) in [5.41, 5.74) is 0. The van der Waals surface area contributed by atoms with E-state index in [9.17, 15) is 5.11 Å². The lowest BCUT2D eigenvalue weighted by molar-refractivity contribution is 0.0483. The van der Waals surface area contributed by atoms with Crippen LogP contribution in [0, 0.1) is 11.8 Å². The van der Waals surface area contributed by atoms with Gasteiger partial charge < -0.3 is 14.6 Å². The molecule has 1 aliphatic carbocycles. The highest BCUT2D eigenvalue weighted by Gasteiger charge is 2.50. The zero-order valence-corrected chi connectivity index (χ0v) is 10.1. The number of hydrogen-bond acceptors (Lipinski definition) is 3. The van der Waals surface area contributed by atoms with Crippen molar-refractivity contribution >= 4 is 0 Å². The second-order valence-corrected chi connectivity index (χ2v) is 5.91. The Morgan fingerprint density at radius 3 is 2.25 bits per heavy atom. The minimum Gasteiger partial charge on any atom is -0.390 e. The molecule has 0 aromatic carbocycles. The fourth-order valence-electron chi connectivity index (χ4n) is 3.20. The molecule has 0 spiro atoms. The molecule has 3 nitrogen and oxygen atoms in total. The number of ether oxygens (including phenoxy) is 2. The van der Waals surface area contributed by atoms with Gasteiger partial charge in [-0.25, -0.2) is 0 Å². The largest absolute Gasteiger partial charge is 0.390 e. The van der Waals surface area contributed by atoms with Crippen LogP contribution in [-0.2, 0) is 9.47 Å². The van der Waals surface area contributed by atoms with Crippen LogP contribution in [0.5, 0.6) is 0 Å². The molecule has 0 bridgehead atoms. The van der Waals surface area contributed by atoms with Crippen LogP contribution in [0.4, 0.5) is 0 Å². The van der Waals surface area contributed by atoms with E-state index in [4.69, 9.17) is 9.47 Å². The van der Waals surface area contributed by atoms with Crippen LogP contribution in [0.15, 0.2) is 0 Å².